The number of aliphatic imine (C=N–C) groups is 2. The van der Waals surface area contributed by atoms with E-state index in [-0.39, 0.29) is 0 Å². The van der Waals surface area contributed by atoms with Gasteiger partial charge >= 0.3 is 39.3 Å². The molecule has 0 unspecified atom stereocenters. The van der Waals surface area contributed by atoms with E-state index >= 15 is 0 Å². The first kappa shape index (κ1) is 34.6. The Kier molecular flexibility index (Phi) is 16.9. The van der Waals surface area contributed by atoms with Crippen molar-refractivity contribution in [3.05, 3.63) is 59.7 Å². The van der Waals surface area contributed by atoms with Crippen LogP contribution in [0.2, 0.25) is 39.3 Å². The Bertz CT molecular complexity index is 927. The Balaban J connectivity index is 0.00000217. The van der Waals surface area contributed by atoms with Crippen molar-refractivity contribution in [1.29, 1.82) is 0 Å². The van der Waals surface area contributed by atoms with Crippen LogP contribution in [0.4, 0.5) is 11.4 Å². The zero-order valence-corrected chi connectivity index (χ0v) is 29.8. The van der Waals surface area contributed by atoms with Crippen molar-refractivity contribution in [2.45, 2.75) is 78.8 Å². The predicted octanol–water partition coefficient (Wildman–Crippen LogP) is 10.1. The van der Waals surface area contributed by atoms with Crippen molar-refractivity contribution in [2.24, 2.45) is 9.98 Å². The van der Waals surface area contributed by atoms with Crippen molar-refractivity contribution in [1.82, 2.24) is 0 Å². The quantitative estimate of drug-likeness (QED) is 0.118. The zero-order chi connectivity index (χ0) is 27.9. The van der Waals surface area contributed by atoms with Gasteiger partial charge in [0.25, 0.3) is 0 Å². The Labute approximate surface area is 247 Å². The van der Waals surface area contributed by atoms with Crippen molar-refractivity contribution in [3.63, 3.8) is 0 Å². The summed E-state index contributed by atoms with van der Waals surface area (Å²) < 4.78 is 12.3. The van der Waals surface area contributed by atoms with Gasteiger partial charge in [0, 0.05) is 13.2 Å². The second-order valence-corrected chi connectivity index (χ2v) is 24.9. The molecule has 0 aliphatic carbocycles. The first-order chi connectivity index (χ1) is 17.4. The first-order valence-electron chi connectivity index (χ1n) is 12.7. The molecule has 210 valence electrons. The number of nitrogens with zero attached hydrogens (tertiary/aromatic N) is 2. The normalized spacial score (nSPS) is 12.9. The van der Waals surface area contributed by atoms with Gasteiger partial charge in [0.05, 0.1) is 22.8 Å². The first-order valence-corrected chi connectivity index (χ1v) is 24.4. The third kappa shape index (κ3) is 16.3. The van der Waals surface area contributed by atoms with Gasteiger partial charge in [0.1, 0.15) is 0 Å². The molecule has 0 spiro atoms. The molecular weight excluding hydrogens is 671 g/mol. The fourth-order valence-electron chi connectivity index (χ4n) is 3.43. The molecule has 0 aliphatic heterocycles. The molecule has 0 amide bonds. The van der Waals surface area contributed by atoms with Gasteiger partial charge in [-0.25, -0.2) is 0 Å². The minimum atomic E-state index is -1.53. The van der Waals surface area contributed by atoms with Gasteiger partial charge in [-0.3, -0.25) is 9.98 Å². The maximum atomic E-state index is 6.14. The van der Waals surface area contributed by atoms with E-state index in [1.165, 1.54) is 22.0 Å². The molecule has 0 bridgehead atoms. The second-order valence-electron chi connectivity index (χ2n) is 10.9. The molecule has 0 aliphatic rings. The summed E-state index contributed by atoms with van der Waals surface area (Å²) in [5, 5.41) is 0. The summed E-state index contributed by atoms with van der Waals surface area (Å²) in [5.41, 5.74) is 6.50. The summed E-state index contributed by atoms with van der Waals surface area (Å²) in [4.78, 5) is 10.3. The summed E-state index contributed by atoms with van der Waals surface area (Å²) in [6.45, 7) is 19.2. The number of aryl methyl sites for hydroxylation is 2. The molecule has 9 heteroatoms. The van der Waals surface area contributed by atoms with Gasteiger partial charge in [-0.2, -0.15) is 0 Å². The fourth-order valence-corrected chi connectivity index (χ4v) is 4.95. The molecular formula is C28H44Br2N2NiO2Si2. The molecule has 4 nitrogen and oxygen atoms in total. The van der Waals surface area contributed by atoms with Gasteiger partial charge in [-0.1, -0.05) is 36.4 Å². The van der Waals surface area contributed by atoms with Gasteiger partial charge in [-0.15, -0.1) is 0 Å². The summed E-state index contributed by atoms with van der Waals surface area (Å²) >= 11 is 6.00. The van der Waals surface area contributed by atoms with Crippen LogP contribution in [0.25, 0.3) is 0 Å². The Morgan fingerprint density at radius 1 is 0.676 bits per heavy atom. The van der Waals surface area contributed by atoms with Crippen LogP contribution in [0.3, 0.4) is 0 Å². The number of rotatable bonds is 13. The van der Waals surface area contributed by atoms with E-state index in [1.54, 1.807) is 0 Å². The van der Waals surface area contributed by atoms with E-state index in [9.17, 15) is 0 Å². The molecule has 37 heavy (non-hydrogen) atoms. The number of hydrogen-bond donors (Lipinski definition) is 0. The standard InChI is InChI=1S/C28H44N2O2Si2.2BrH.Ni/c1-23-15-9-11-17-25(23)29-27(19-13-21-31-33(3,4)5)28(20-14-22-32-34(6,7)8)30-26-18-12-10-16-24(26)2;;;/h9-12,15-18H,13-14,19-22H2,1-8H3;2*1H;/q;;;+2/p-2. The Hall–Kier alpha value is -0.413. The Morgan fingerprint density at radius 3 is 1.30 bits per heavy atom. The van der Waals surface area contributed by atoms with Crippen molar-refractivity contribution >= 4 is 67.9 Å². The van der Waals surface area contributed by atoms with Crippen LogP contribution < -0.4 is 0 Å². The number of benzene rings is 2. The van der Waals surface area contributed by atoms with E-state index in [1.807, 2.05) is 0 Å². The molecule has 2 rings (SSSR count). The molecule has 0 N–H and O–H groups in total. The molecule has 0 heterocycles. The zero-order valence-electron chi connectivity index (χ0n) is 23.6. The van der Waals surface area contributed by atoms with Crippen LogP contribution in [-0.2, 0) is 19.7 Å². The molecule has 0 radical (unpaired) electrons. The van der Waals surface area contributed by atoms with Gasteiger partial charge in [0.2, 0.25) is 0 Å². The molecule has 2 aromatic carbocycles. The van der Waals surface area contributed by atoms with Gasteiger partial charge in [-0.05, 0) is 102 Å². The number of hydrogen-bond acceptors (Lipinski definition) is 4. The van der Waals surface area contributed by atoms with Crippen molar-refractivity contribution in [2.75, 3.05) is 13.2 Å². The van der Waals surface area contributed by atoms with E-state index in [4.69, 9.17) is 18.8 Å². The average molecular weight is 715 g/mol. The molecule has 2 aromatic rings. The third-order valence-corrected chi connectivity index (χ3v) is 7.40. The van der Waals surface area contributed by atoms with Crippen LogP contribution in [0.5, 0.6) is 0 Å². The van der Waals surface area contributed by atoms with E-state index < -0.39 is 16.6 Å². The Morgan fingerprint density at radius 2 is 1.00 bits per heavy atom. The molecule has 0 saturated carbocycles. The molecule has 0 saturated heterocycles. The summed E-state index contributed by atoms with van der Waals surface area (Å²) in [6.07, 6.45) is 3.57. The van der Waals surface area contributed by atoms with E-state index in [2.05, 4.69) is 130 Å². The topological polar surface area (TPSA) is 43.2 Å². The maximum absolute atomic E-state index is 6.14. The van der Waals surface area contributed by atoms with E-state index in [0.717, 1.165) is 61.7 Å². The summed E-state index contributed by atoms with van der Waals surface area (Å²) in [6, 6.07) is 16.6. The number of para-hydroxylation sites is 2. The number of halogens is 2. The van der Waals surface area contributed by atoms with E-state index in [0.29, 0.717) is 0 Å². The van der Waals surface area contributed by atoms with Crippen LogP contribution in [-0.4, -0.2) is 41.3 Å². The third-order valence-electron chi connectivity index (χ3n) is 5.26. The van der Waals surface area contributed by atoms with Crippen LogP contribution in [0.15, 0.2) is 58.5 Å². The fraction of sp³-hybridized carbons (Fsp3) is 0.500. The molecule has 0 aromatic heterocycles. The predicted molar refractivity (Wildman–Crippen MR) is 171 cm³/mol. The van der Waals surface area contributed by atoms with Gasteiger partial charge in [0.15, 0.2) is 16.6 Å². The molecule has 0 fully saturated rings. The summed E-state index contributed by atoms with van der Waals surface area (Å²) in [7, 11) is -1.82. The average Bonchev–Trinajstić information content (AvgIpc) is 2.80. The van der Waals surface area contributed by atoms with Crippen LogP contribution >= 0.6 is 28.5 Å². The second kappa shape index (κ2) is 18.0. The van der Waals surface area contributed by atoms with Crippen molar-refractivity contribution in [3.8, 4) is 0 Å². The molecule has 0 atom stereocenters. The van der Waals surface area contributed by atoms with Gasteiger partial charge < -0.3 is 8.85 Å². The van der Waals surface area contributed by atoms with Crippen LogP contribution in [0, 0.1) is 13.8 Å². The van der Waals surface area contributed by atoms with Crippen LogP contribution in [0.1, 0.15) is 36.8 Å². The monoisotopic (exact) mass is 712 g/mol. The minimum absolute atomic E-state index is 0.763. The summed E-state index contributed by atoms with van der Waals surface area (Å²) in [5.74, 6) is 0. The SMILES string of the molecule is Cc1ccccc1N=C(CCCO[Si](C)(C)C)C(CCCO[Si](C)(C)C)=Nc1ccccc1C.[Br][Ni][Br]. The van der Waals surface area contributed by atoms with Crippen molar-refractivity contribution < 1.29 is 19.7 Å².